The molecule has 0 saturated carbocycles. The number of halogens is 1. The van der Waals surface area contributed by atoms with Crippen LogP contribution in [0.5, 0.6) is 0 Å². The van der Waals surface area contributed by atoms with Gasteiger partial charge in [-0.2, -0.15) is 0 Å². The first-order chi connectivity index (χ1) is 8.79. The van der Waals surface area contributed by atoms with E-state index >= 15 is 0 Å². The maximum atomic E-state index is 6.10. The van der Waals surface area contributed by atoms with Gasteiger partial charge in [-0.3, -0.25) is 4.90 Å². The number of nitrogens with one attached hydrogen (secondary N) is 1. The molecule has 2 rings (SSSR count). The van der Waals surface area contributed by atoms with Crippen LogP contribution in [-0.2, 0) is 0 Å². The van der Waals surface area contributed by atoms with Crippen molar-refractivity contribution in [3.05, 3.63) is 29.3 Å². The van der Waals surface area contributed by atoms with E-state index in [-0.39, 0.29) is 0 Å². The van der Waals surface area contributed by atoms with Gasteiger partial charge in [0.15, 0.2) is 0 Å². The molecule has 1 aromatic carbocycles. The van der Waals surface area contributed by atoms with Crippen LogP contribution in [0, 0.1) is 0 Å². The van der Waals surface area contributed by atoms with Gasteiger partial charge in [0.25, 0.3) is 0 Å². The van der Waals surface area contributed by atoms with E-state index in [0.29, 0.717) is 0 Å². The van der Waals surface area contributed by atoms with Crippen molar-refractivity contribution in [3.8, 4) is 0 Å². The van der Waals surface area contributed by atoms with Crippen molar-refractivity contribution in [1.82, 2.24) is 9.80 Å². The lowest BCUT2D eigenvalue weighted by molar-refractivity contribution is 0.141. The molecule has 1 heterocycles. The third kappa shape index (κ3) is 3.87. The third-order valence-corrected chi connectivity index (χ3v) is 3.86. The van der Waals surface area contributed by atoms with Crippen LogP contribution in [0.3, 0.4) is 0 Å². The highest BCUT2D eigenvalue weighted by atomic mass is 35.5. The van der Waals surface area contributed by atoms with Crippen LogP contribution in [0.4, 0.5) is 5.69 Å². The van der Waals surface area contributed by atoms with Crippen molar-refractivity contribution >= 4 is 17.3 Å². The first kappa shape index (κ1) is 13.7. The van der Waals surface area contributed by atoms with Crippen molar-refractivity contribution in [2.75, 3.05) is 51.1 Å². The van der Waals surface area contributed by atoms with Crippen LogP contribution in [0.2, 0.25) is 5.02 Å². The lowest BCUT2D eigenvalue weighted by Gasteiger charge is -2.34. The highest BCUT2D eigenvalue weighted by Crippen LogP contribution is 2.19. The molecule has 1 fully saturated rings. The summed E-state index contributed by atoms with van der Waals surface area (Å²) < 4.78 is 0. The summed E-state index contributed by atoms with van der Waals surface area (Å²) in [7, 11) is 0. The van der Waals surface area contributed by atoms with Crippen molar-refractivity contribution < 1.29 is 0 Å². The number of anilines is 1. The van der Waals surface area contributed by atoms with Gasteiger partial charge in [-0.25, -0.2) is 0 Å². The predicted octanol–water partition coefficient (Wildman–Crippen LogP) is 2.39. The smallest absolute Gasteiger partial charge is 0.0637 e. The Morgan fingerprint density at radius 2 is 1.78 bits per heavy atom. The minimum Gasteiger partial charge on any atom is -0.383 e. The number of piperazine rings is 1. The number of likely N-dealkylation sites (N-methyl/N-ethyl adjacent to an activating group) is 1. The average Bonchev–Trinajstić information content (AvgIpc) is 2.42. The average molecular weight is 268 g/mol. The zero-order chi connectivity index (χ0) is 12.8. The highest BCUT2D eigenvalue weighted by Gasteiger charge is 2.14. The van der Waals surface area contributed by atoms with Crippen molar-refractivity contribution in [2.24, 2.45) is 0 Å². The summed E-state index contributed by atoms with van der Waals surface area (Å²) in [5.74, 6) is 0. The van der Waals surface area contributed by atoms with Gasteiger partial charge in [0.05, 0.1) is 10.7 Å². The van der Waals surface area contributed by atoms with Gasteiger partial charge >= 0.3 is 0 Å². The minimum atomic E-state index is 0.799. The van der Waals surface area contributed by atoms with Crippen molar-refractivity contribution in [2.45, 2.75) is 6.92 Å². The Morgan fingerprint density at radius 3 is 2.44 bits per heavy atom. The second kappa shape index (κ2) is 6.98. The molecule has 1 aromatic rings. The molecule has 18 heavy (non-hydrogen) atoms. The monoisotopic (exact) mass is 267 g/mol. The fourth-order valence-electron chi connectivity index (χ4n) is 2.28. The van der Waals surface area contributed by atoms with E-state index in [4.69, 9.17) is 11.6 Å². The quantitative estimate of drug-likeness (QED) is 0.884. The largest absolute Gasteiger partial charge is 0.383 e. The number of nitrogens with zero attached hydrogens (tertiary/aromatic N) is 2. The molecule has 3 nitrogen and oxygen atoms in total. The summed E-state index contributed by atoms with van der Waals surface area (Å²) >= 11 is 6.10. The van der Waals surface area contributed by atoms with Gasteiger partial charge in [-0.15, -0.1) is 0 Å². The van der Waals surface area contributed by atoms with Gasteiger partial charge in [-0.1, -0.05) is 30.7 Å². The van der Waals surface area contributed by atoms with E-state index in [9.17, 15) is 0 Å². The molecule has 0 radical (unpaired) electrons. The first-order valence-corrected chi connectivity index (χ1v) is 7.10. The topological polar surface area (TPSA) is 18.5 Å². The normalized spacial score (nSPS) is 17.9. The zero-order valence-corrected chi connectivity index (χ0v) is 11.8. The second-order valence-electron chi connectivity index (χ2n) is 4.68. The number of para-hydroxylation sites is 1. The SMILES string of the molecule is CCN1CCN(CCNc2ccccc2Cl)CC1. The minimum absolute atomic E-state index is 0.799. The first-order valence-electron chi connectivity index (χ1n) is 6.72. The summed E-state index contributed by atoms with van der Waals surface area (Å²) in [6, 6.07) is 7.91. The Balaban J connectivity index is 1.69. The van der Waals surface area contributed by atoms with Crippen LogP contribution in [0.15, 0.2) is 24.3 Å². The molecular weight excluding hydrogens is 246 g/mol. The lowest BCUT2D eigenvalue weighted by Crippen LogP contribution is -2.47. The van der Waals surface area contributed by atoms with E-state index in [1.54, 1.807) is 0 Å². The van der Waals surface area contributed by atoms with Gasteiger partial charge in [-0.05, 0) is 18.7 Å². The summed E-state index contributed by atoms with van der Waals surface area (Å²) in [6.45, 7) is 10.2. The van der Waals surface area contributed by atoms with Gasteiger partial charge in [0.1, 0.15) is 0 Å². The Morgan fingerprint density at radius 1 is 1.11 bits per heavy atom. The van der Waals surface area contributed by atoms with Crippen LogP contribution < -0.4 is 5.32 Å². The number of hydrogen-bond donors (Lipinski definition) is 1. The molecule has 1 aliphatic rings. The molecule has 0 unspecified atom stereocenters. The fourth-order valence-corrected chi connectivity index (χ4v) is 2.48. The maximum absolute atomic E-state index is 6.10. The van der Waals surface area contributed by atoms with E-state index < -0.39 is 0 Å². The van der Waals surface area contributed by atoms with Gasteiger partial charge < -0.3 is 10.2 Å². The van der Waals surface area contributed by atoms with Crippen LogP contribution in [0.1, 0.15) is 6.92 Å². The Kier molecular flexibility index (Phi) is 5.29. The standard InChI is InChI=1S/C14H22ClN3/c1-2-17-9-11-18(12-10-17)8-7-16-14-6-4-3-5-13(14)15/h3-6,16H,2,7-12H2,1H3. The Labute approximate surface area is 115 Å². The molecule has 0 aromatic heterocycles. The zero-order valence-electron chi connectivity index (χ0n) is 11.0. The third-order valence-electron chi connectivity index (χ3n) is 3.53. The molecule has 1 aliphatic heterocycles. The van der Waals surface area contributed by atoms with E-state index in [2.05, 4.69) is 22.0 Å². The Hall–Kier alpha value is -0.770. The molecule has 1 N–H and O–H groups in total. The number of rotatable bonds is 5. The number of hydrogen-bond acceptors (Lipinski definition) is 3. The molecule has 1 saturated heterocycles. The summed E-state index contributed by atoms with van der Waals surface area (Å²) in [5.41, 5.74) is 1.03. The van der Waals surface area contributed by atoms with Crippen molar-refractivity contribution in [3.63, 3.8) is 0 Å². The summed E-state index contributed by atoms with van der Waals surface area (Å²) in [4.78, 5) is 5.01. The maximum Gasteiger partial charge on any atom is 0.0637 e. The van der Waals surface area contributed by atoms with Gasteiger partial charge in [0.2, 0.25) is 0 Å². The number of benzene rings is 1. The summed E-state index contributed by atoms with van der Waals surface area (Å²) in [6.07, 6.45) is 0. The van der Waals surface area contributed by atoms with E-state index in [0.717, 1.165) is 23.8 Å². The van der Waals surface area contributed by atoms with Crippen LogP contribution in [0.25, 0.3) is 0 Å². The molecular formula is C14H22ClN3. The highest BCUT2D eigenvalue weighted by molar-refractivity contribution is 6.33. The fraction of sp³-hybridized carbons (Fsp3) is 0.571. The summed E-state index contributed by atoms with van der Waals surface area (Å²) in [5, 5.41) is 4.20. The van der Waals surface area contributed by atoms with Crippen LogP contribution >= 0.6 is 11.6 Å². The van der Waals surface area contributed by atoms with Crippen molar-refractivity contribution in [1.29, 1.82) is 0 Å². The Bertz CT molecular complexity index is 362. The van der Waals surface area contributed by atoms with E-state index in [1.807, 2.05) is 24.3 Å². The molecule has 0 aliphatic carbocycles. The molecule has 0 spiro atoms. The molecule has 100 valence electrons. The predicted molar refractivity (Wildman–Crippen MR) is 78.5 cm³/mol. The lowest BCUT2D eigenvalue weighted by atomic mass is 10.3. The molecule has 4 heteroatoms. The van der Waals surface area contributed by atoms with Crippen LogP contribution in [-0.4, -0.2) is 55.6 Å². The van der Waals surface area contributed by atoms with E-state index in [1.165, 1.54) is 32.7 Å². The molecule has 0 bridgehead atoms. The molecule has 0 atom stereocenters. The second-order valence-corrected chi connectivity index (χ2v) is 5.09. The molecule has 0 amide bonds. The van der Waals surface area contributed by atoms with Gasteiger partial charge in [0, 0.05) is 39.3 Å².